The van der Waals surface area contributed by atoms with Crippen molar-refractivity contribution < 1.29 is 9.53 Å². The predicted molar refractivity (Wildman–Crippen MR) is 96.2 cm³/mol. The molecule has 4 nitrogen and oxygen atoms in total. The Hall–Kier alpha value is -2.03. The maximum absolute atomic E-state index is 12.5. The minimum Gasteiger partial charge on any atom is -0.495 e. The lowest BCUT2D eigenvalue weighted by Gasteiger charge is -2.17. The number of hydrogen-bond acceptors (Lipinski definition) is 4. The second kappa shape index (κ2) is 6.84. The van der Waals surface area contributed by atoms with Gasteiger partial charge in [-0.2, -0.15) is 5.26 Å². The Bertz CT molecular complexity index is 838. The van der Waals surface area contributed by atoms with Gasteiger partial charge in [0.2, 0.25) is 0 Å². The maximum atomic E-state index is 12.5. The Labute approximate surface area is 150 Å². The van der Waals surface area contributed by atoms with E-state index in [1.165, 1.54) is 23.3 Å². The van der Waals surface area contributed by atoms with Gasteiger partial charge in [-0.15, -0.1) is 11.3 Å². The maximum Gasteiger partial charge on any atom is 0.256 e. The van der Waals surface area contributed by atoms with E-state index in [0.717, 1.165) is 24.8 Å². The molecule has 124 valence electrons. The SMILES string of the molecule is COc1ccc(C(=O)Nc2sc3c(c2C#N)CC[C@@H](C)C3)cc1Cl. The first-order valence-electron chi connectivity index (χ1n) is 7.73. The van der Waals surface area contributed by atoms with Crippen LogP contribution in [0.15, 0.2) is 18.2 Å². The summed E-state index contributed by atoms with van der Waals surface area (Å²) in [6.07, 6.45) is 2.96. The number of nitriles is 1. The van der Waals surface area contributed by atoms with Gasteiger partial charge in [0.1, 0.15) is 16.8 Å². The van der Waals surface area contributed by atoms with Gasteiger partial charge in [-0.25, -0.2) is 0 Å². The molecule has 0 bridgehead atoms. The number of fused-ring (bicyclic) bond motifs is 1. The Kier molecular flexibility index (Phi) is 4.79. The van der Waals surface area contributed by atoms with Crippen LogP contribution in [0.5, 0.6) is 5.75 Å². The molecule has 1 aliphatic rings. The molecule has 1 atom stereocenters. The fourth-order valence-electron chi connectivity index (χ4n) is 2.94. The van der Waals surface area contributed by atoms with Crippen LogP contribution in [0.1, 0.15) is 39.7 Å². The lowest BCUT2D eigenvalue weighted by Crippen LogP contribution is -2.12. The van der Waals surface area contributed by atoms with E-state index in [2.05, 4.69) is 18.3 Å². The zero-order valence-electron chi connectivity index (χ0n) is 13.5. The van der Waals surface area contributed by atoms with E-state index in [9.17, 15) is 10.1 Å². The van der Waals surface area contributed by atoms with Crippen molar-refractivity contribution in [2.75, 3.05) is 12.4 Å². The van der Waals surface area contributed by atoms with Crippen molar-refractivity contribution in [3.05, 3.63) is 44.8 Å². The van der Waals surface area contributed by atoms with Crippen LogP contribution in [0, 0.1) is 17.2 Å². The number of amides is 1. The van der Waals surface area contributed by atoms with Gasteiger partial charge in [-0.3, -0.25) is 4.79 Å². The molecule has 0 saturated carbocycles. The minimum atomic E-state index is -0.275. The van der Waals surface area contributed by atoms with Crippen molar-refractivity contribution in [1.82, 2.24) is 0 Å². The first-order chi connectivity index (χ1) is 11.5. The van der Waals surface area contributed by atoms with Crippen molar-refractivity contribution in [1.29, 1.82) is 5.26 Å². The molecule has 0 saturated heterocycles. The van der Waals surface area contributed by atoms with E-state index in [1.807, 2.05) is 0 Å². The van der Waals surface area contributed by atoms with Crippen molar-refractivity contribution >= 4 is 33.8 Å². The summed E-state index contributed by atoms with van der Waals surface area (Å²) in [7, 11) is 1.53. The summed E-state index contributed by atoms with van der Waals surface area (Å²) >= 11 is 7.59. The third-order valence-electron chi connectivity index (χ3n) is 4.26. The summed E-state index contributed by atoms with van der Waals surface area (Å²) < 4.78 is 5.09. The summed E-state index contributed by atoms with van der Waals surface area (Å²) in [5.41, 5.74) is 2.14. The standard InChI is InChI=1S/C18H17ClN2O2S/c1-10-3-5-12-13(9-20)18(24-16(12)7-10)21-17(22)11-4-6-15(23-2)14(19)8-11/h4,6,8,10H,3,5,7H2,1-2H3,(H,21,22)/t10-/m1/s1. The highest BCUT2D eigenvalue weighted by atomic mass is 35.5. The second-order valence-corrected chi connectivity index (χ2v) is 7.48. The topological polar surface area (TPSA) is 62.1 Å². The molecule has 1 aliphatic carbocycles. The first kappa shape index (κ1) is 16.8. The van der Waals surface area contributed by atoms with Crippen LogP contribution in [0.3, 0.4) is 0 Å². The highest BCUT2D eigenvalue weighted by Crippen LogP contribution is 2.39. The van der Waals surface area contributed by atoms with Gasteiger partial charge < -0.3 is 10.1 Å². The average Bonchev–Trinajstić information content (AvgIpc) is 2.90. The molecule has 1 N–H and O–H groups in total. The summed E-state index contributed by atoms with van der Waals surface area (Å²) in [6.45, 7) is 2.21. The number of halogens is 1. The van der Waals surface area contributed by atoms with Gasteiger partial charge >= 0.3 is 0 Å². The van der Waals surface area contributed by atoms with Crippen LogP contribution in [0.2, 0.25) is 5.02 Å². The Morgan fingerprint density at radius 1 is 1.50 bits per heavy atom. The van der Waals surface area contributed by atoms with E-state index in [4.69, 9.17) is 16.3 Å². The highest BCUT2D eigenvalue weighted by Gasteiger charge is 2.25. The zero-order valence-corrected chi connectivity index (χ0v) is 15.1. The van der Waals surface area contributed by atoms with Crippen molar-refractivity contribution in [2.24, 2.45) is 5.92 Å². The molecular weight excluding hydrogens is 344 g/mol. The number of benzene rings is 1. The van der Waals surface area contributed by atoms with E-state index < -0.39 is 0 Å². The number of anilines is 1. The molecule has 0 radical (unpaired) electrons. The predicted octanol–water partition coefficient (Wildman–Crippen LogP) is 4.66. The lowest BCUT2D eigenvalue weighted by atomic mass is 9.88. The smallest absolute Gasteiger partial charge is 0.256 e. The zero-order chi connectivity index (χ0) is 17.3. The van der Waals surface area contributed by atoms with Gasteiger partial charge in [0, 0.05) is 10.4 Å². The van der Waals surface area contributed by atoms with Crippen LogP contribution < -0.4 is 10.1 Å². The van der Waals surface area contributed by atoms with Crippen LogP contribution in [-0.4, -0.2) is 13.0 Å². The van der Waals surface area contributed by atoms with Crippen molar-refractivity contribution in [3.63, 3.8) is 0 Å². The van der Waals surface area contributed by atoms with Crippen molar-refractivity contribution in [2.45, 2.75) is 26.2 Å². The number of ether oxygens (including phenoxy) is 1. The van der Waals surface area contributed by atoms with Crippen LogP contribution in [-0.2, 0) is 12.8 Å². The number of carbonyl (C=O) groups excluding carboxylic acids is 1. The minimum absolute atomic E-state index is 0.275. The molecular formula is C18H17ClN2O2S. The van der Waals surface area contributed by atoms with Crippen LogP contribution in [0.25, 0.3) is 0 Å². The first-order valence-corrected chi connectivity index (χ1v) is 8.92. The van der Waals surface area contributed by atoms with Gasteiger partial charge in [0.25, 0.3) is 5.91 Å². The lowest BCUT2D eigenvalue weighted by molar-refractivity contribution is 0.102. The average molecular weight is 361 g/mol. The van der Waals surface area contributed by atoms with E-state index in [0.29, 0.717) is 32.8 Å². The molecule has 1 heterocycles. The van der Waals surface area contributed by atoms with Gasteiger partial charge in [-0.1, -0.05) is 18.5 Å². The molecule has 6 heteroatoms. The molecule has 1 aromatic heterocycles. The summed E-state index contributed by atoms with van der Waals surface area (Å²) in [5.74, 6) is 0.862. The van der Waals surface area contributed by atoms with E-state index >= 15 is 0 Å². The molecule has 0 spiro atoms. The quantitative estimate of drug-likeness (QED) is 0.865. The molecule has 0 fully saturated rings. The van der Waals surface area contributed by atoms with Gasteiger partial charge in [-0.05, 0) is 48.9 Å². The third-order valence-corrected chi connectivity index (χ3v) is 5.73. The third kappa shape index (κ3) is 3.12. The largest absolute Gasteiger partial charge is 0.495 e. The number of hydrogen-bond donors (Lipinski definition) is 1. The van der Waals surface area contributed by atoms with E-state index in [-0.39, 0.29) is 5.91 Å². The molecule has 2 aromatic rings. The molecule has 0 unspecified atom stereocenters. The fourth-order valence-corrected chi connectivity index (χ4v) is 4.55. The summed E-state index contributed by atoms with van der Waals surface area (Å²) in [5, 5.41) is 13.4. The molecule has 3 rings (SSSR count). The number of methoxy groups -OCH3 is 1. The Morgan fingerprint density at radius 2 is 2.29 bits per heavy atom. The normalized spacial score (nSPS) is 16.2. The number of nitrogens with one attached hydrogen (secondary N) is 1. The number of rotatable bonds is 3. The number of carbonyl (C=O) groups is 1. The molecule has 1 amide bonds. The van der Waals surface area contributed by atoms with E-state index in [1.54, 1.807) is 18.2 Å². The Morgan fingerprint density at radius 3 is 2.96 bits per heavy atom. The number of thiophene rings is 1. The van der Waals surface area contributed by atoms with Crippen LogP contribution in [0.4, 0.5) is 5.00 Å². The highest BCUT2D eigenvalue weighted by molar-refractivity contribution is 7.16. The monoisotopic (exact) mass is 360 g/mol. The molecule has 24 heavy (non-hydrogen) atoms. The Balaban J connectivity index is 1.87. The summed E-state index contributed by atoms with van der Waals surface area (Å²) in [4.78, 5) is 13.7. The van der Waals surface area contributed by atoms with Gasteiger partial charge in [0.15, 0.2) is 0 Å². The summed E-state index contributed by atoms with van der Waals surface area (Å²) in [6, 6.07) is 7.13. The fraction of sp³-hybridized carbons (Fsp3) is 0.333. The van der Waals surface area contributed by atoms with Crippen molar-refractivity contribution in [3.8, 4) is 11.8 Å². The second-order valence-electron chi connectivity index (χ2n) is 5.97. The van der Waals surface area contributed by atoms with Gasteiger partial charge in [0.05, 0.1) is 17.7 Å². The molecule has 0 aliphatic heterocycles. The number of nitrogens with zero attached hydrogens (tertiary/aromatic N) is 1. The van der Waals surface area contributed by atoms with Crippen LogP contribution >= 0.6 is 22.9 Å². The molecule has 1 aromatic carbocycles.